The van der Waals surface area contributed by atoms with Gasteiger partial charge in [0, 0.05) is 13.1 Å². The van der Waals surface area contributed by atoms with Crippen molar-refractivity contribution in [1.29, 1.82) is 0 Å². The van der Waals surface area contributed by atoms with Gasteiger partial charge in [0.1, 0.15) is 0 Å². The van der Waals surface area contributed by atoms with Gasteiger partial charge in [-0.1, -0.05) is 0 Å². The monoisotopic (exact) mass is 160 g/mol. The van der Waals surface area contributed by atoms with Gasteiger partial charge < -0.3 is 20.5 Å². The zero-order valence-corrected chi connectivity index (χ0v) is 6.19. The van der Waals surface area contributed by atoms with Crippen molar-refractivity contribution in [2.24, 2.45) is 5.73 Å². The number of rotatable bonds is 2. The summed E-state index contributed by atoms with van der Waals surface area (Å²) in [5.74, 6) is 0. The number of carbonyl (C=O) groups excluding carboxylic acids is 1. The van der Waals surface area contributed by atoms with Crippen LogP contribution in [0.5, 0.6) is 0 Å². The minimum Gasteiger partial charge on any atom is -0.418 e. The molecule has 0 aliphatic carbocycles. The van der Waals surface area contributed by atoms with E-state index in [0.717, 1.165) is 19.5 Å². The molecule has 0 spiro atoms. The van der Waals surface area contributed by atoms with E-state index < -0.39 is 12.4 Å². The van der Waals surface area contributed by atoms with Crippen LogP contribution in [0.3, 0.4) is 0 Å². The van der Waals surface area contributed by atoms with Gasteiger partial charge in [-0.2, -0.15) is 0 Å². The number of aliphatic hydroxyl groups is 1. The maximum Gasteiger partial charge on any atom is 0.412 e. The summed E-state index contributed by atoms with van der Waals surface area (Å²) in [7, 11) is 0. The predicted molar refractivity (Wildman–Crippen MR) is 37.7 cm³/mol. The van der Waals surface area contributed by atoms with Gasteiger partial charge in [-0.25, -0.2) is 4.79 Å². The molecule has 3 N–H and O–H groups in total. The van der Waals surface area contributed by atoms with Crippen LogP contribution < -0.4 is 5.73 Å². The largest absolute Gasteiger partial charge is 0.418 e. The number of likely N-dealkylation sites (tertiary alicyclic amines) is 1. The smallest absolute Gasteiger partial charge is 0.412 e. The first-order valence-electron chi connectivity index (χ1n) is 3.57. The maximum atomic E-state index is 10.9. The molecule has 11 heavy (non-hydrogen) atoms. The Bertz CT molecular complexity index is 147. The highest BCUT2D eigenvalue weighted by Gasteiger charge is 2.23. The van der Waals surface area contributed by atoms with Crippen molar-refractivity contribution in [3.63, 3.8) is 0 Å². The highest BCUT2D eigenvalue weighted by molar-refractivity contribution is 5.68. The molecule has 5 heteroatoms. The first-order chi connectivity index (χ1) is 5.24. The topological polar surface area (TPSA) is 75.8 Å². The third-order valence-corrected chi connectivity index (χ3v) is 1.55. The SMILES string of the molecule is NCC(O)OC(=O)N1CCC1. The van der Waals surface area contributed by atoms with E-state index in [0.29, 0.717) is 0 Å². The van der Waals surface area contributed by atoms with E-state index in [-0.39, 0.29) is 6.54 Å². The van der Waals surface area contributed by atoms with Gasteiger partial charge in [0.15, 0.2) is 0 Å². The second-order valence-electron chi connectivity index (χ2n) is 2.41. The van der Waals surface area contributed by atoms with Crippen molar-refractivity contribution < 1.29 is 14.6 Å². The Morgan fingerprint density at radius 3 is 2.73 bits per heavy atom. The third kappa shape index (κ3) is 2.06. The third-order valence-electron chi connectivity index (χ3n) is 1.55. The molecule has 0 bridgehead atoms. The Hall–Kier alpha value is -0.810. The number of hydrogen-bond donors (Lipinski definition) is 2. The van der Waals surface area contributed by atoms with Crippen molar-refractivity contribution in [3.05, 3.63) is 0 Å². The molecule has 5 nitrogen and oxygen atoms in total. The van der Waals surface area contributed by atoms with E-state index >= 15 is 0 Å². The van der Waals surface area contributed by atoms with Gasteiger partial charge in [-0.05, 0) is 6.42 Å². The predicted octanol–water partition coefficient (Wildman–Crippen LogP) is -0.894. The lowest BCUT2D eigenvalue weighted by molar-refractivity contribution is -0.0619. The molecular weight excluding hydrogens is 148 g/mol. The summed E-state index contributed by atoms with van der Waals surface area (Å²) < 4.78 is 4.52. The summed E-state index contributed by atoms with van der Waals surface area (Å²) >= 11 is 0. The Morgan fingerprint density at radius 2 is 2.36 bits per heavy atom. The minimum absolute atomic E-state index is 0.0560. The minimum atomic E-state index is -1.16. The number of nitrogens with two attached hydrogens (primary N) is 1. The molecular formula is C6H12N2O3. The molecule has 1 fully saturated rings. The first kappa shape index (κ1) is 8.29. The quantitative estimate of drug-likeness (QED) is 0.513. The Morgan fingerprint density at radius 1 is 1.73 bits per heavy atom. The molecule has 0 radical (unpaired) electrons. The molecule has 1 unspecified atom stereocenters. The second kappa shape index (κ2) is 3.54. The Balaban J connectivity index is 2.19. The summed E-state index contributed by atoms with van der Waals surface area (Å²) in [4.78, 5) is 12.4. The van der Waals surface area contributed by atoms with E-state index in [9.17, 15) is 4.79 Å². The fourth-order valence-corrected chi connectivity index (χ4v) is 0.738. The van der Waals surface area contributed by atoms with Crippen molar-refractivity contribution in [3.8, 4) is 0 Å². The van der Waals surface area contributed by atoms with Crippen LogP contribution in [0, 0.1) is 0 Å². The molecule has 1 rings (SSSR count). The first-order valence-corrected chi connectivity index (χ1v) is 3.57. The standard InChI is InChI=1S/C6H12N2O3/c7-4-5(9)11-6(10)8-2-1-3-8/h5,9H,1-4,7H2. The van der Waals surface area contributed by atoms with Crippen LogP contribution >= 0.6 is 0 Å². The van der Waals surface area contributed by atoms with Crippen LogP contribution in [0.4, 0.5) is 4.79 Å². The average Bonchev–Trinajstić information content (AvgIpc) is 1.83. The van der Waals surface area contributed by atoms with Gasteiger partial charge in [0.25, 0.3) is 0 Å². The molecule has 0 aromatic heterocycles. The van der Waals surface area contributed by atoms with Gasteiger partial charge in [-0.3, -0.25) is 0 Å². The Kier molecular flexibility index (Phi) is 2.67. The number of ether oxygens (including phenoxy) is 1. The van der Waals surface area contributed by atoms with Gasteiger partial charge >= 0.3 is 6.09 Å². The molecule has 1 atom stereocenters. The molecule has 1 heterocycles. The van der Waals surface area contributed by atoms with Crippen LogP contribution in [0.15, 0.2) is 0 Å². The van der Waals surface area contributed by atoms with E-state index in [4.69, 9.17) is 10.8 Å². The lowest BCUT2D eigenvalue weighted by Crippen LogP contribution is -2.44. The van der Waals surface area contributed by atoms with Crippen LogP contribution in [0.2, 0.25) is 0 Å². The van der Waals surface area contributed by atoms with Crippen molar-refractivity contribution in [2.45, 2.75) is 12.7 Å². The van der Waals surface area contributed by atoms with Gasteiger partial charge in [-0.15, -0.1) is 0 Å². The average molecular weight is 160 g/mol. The zero-order chi connectivity index (χ0) is 8.27. The molecule has 0 saturated carbocycles. The Labute approximate surface area is 64.7 Å². The van der Waals surface area contributed by atoms with Gasteiger partial charge in [0.05, 0.1) is 6.54 Å². The van der Waals surface area contributed by atoms with Crippen LogP contribution in [0.1, 0.15) is 6.42 Å². The molecule has 1 aliphatic rings. The van der Waals surface area contributed by atoms with E-state index in [1.165, 1.54) is 4.90 Å². The van der Waals surface area contributed by atoms with E-state index in [1.54, 1.807) is 0 Å². The normalized spacial score (nSPS) is 18.9. The fraction of sp³-hybridized carbons (Fsp3) is 0.833. The molecule has 1 saturated heterocycles. The molecule has 64 valence electrons. The number of amides is 1. The molecule has 0 aromatic rings. The van der Waals surface area contributed by atoms with Crippen LogP contribution in [-0.2, 0) is 4.74 Å². The summed E-state index contributed by atoms with van der Waals surface area (Å²) in [6, 6.07) is 0. The zero-order valence-electron chi connectivity index (χ0n) is 6.19. The summed E-state index contributed by atoms with van der Waals surface area (Å²) in [5.41, 5.74) is 5.03. The molecule has 1 amide bonds. The van der Waals surface area contributed by atoms with E-state index in [1.807, 2.05) is 0 Å². The van der Waals surface area contributed by atoms with E-state index in [2.05, 4.69) is 4.74 Å². The van der Waals surface area contributed by atoms with Gasteiger partial charge in [0.2, 0.25) is 6.29 Å². The number of carbonyl (C=O) groups is 1. The maximum absolute atomic E-state index is 10.9. The highest BCUT2D eigenvalue weighted by Crippen LogP contribution is 2.07. The van der Waals surface area contributed by atoms with Crippen molar-refractivity contribution in [2.75, 3.05) is 19.6 Å². The summed E-state index contributed by atoms with van der Waals surface area (Å²) in [6.45, 7) is 1.38. The van der Waals surface area contributed by atoms with Crippen molar-refractivity contribution in [1.82, 2.24) is 4.90 Å². The molecule has 1 aliphatic heterocycles. The van der Waals surface area contributed by atoms with Crippen LogP contribution in [0.25, 0.3) is 0 Å². The number of nitrogens with zero attached hydrogens (tertiary/aromatic N) is 1. The molecule has 0 aromatic carbocycles. The fourth-order valence-electron chi connectivity index (χ4n) is 0.738. The second-order valence-corrected chi connectivity index (χ2v) is 2.41. The lowest BCUT2D eigenvalue weighted by Gasteiger charge is -2.30. The van der Waals surface area contributed by atoms with Crippen LogP contribution in [-0.4, -0.2) is 42.0 Å². The summed E-state index contributed by atoms with van der Waals surface area (Å²) in [6.07, 6.45) is -0.634. The number of aliphatic hydroxyl groups excluding tert-OH is 1. The lowest BCUT2D eigenvalue weighted by atomic mass is 10.2. The highest BCUT2D eigenvalue weighted by atomic mass is 16.6. The summed E-state index contributed by atoms with van der Waals surface area (Å²) in [5, 5.41) is 8.80. The van der Waals surface area contributed by atoms with Crippen molar-refractivity contribution >= 4 is 6.09 Å². The number of hydrogen-bond acceptors (Lipinski definition) is 4.